The van der Waals surface area contributed by atoms with Crippen LogP contribution < -0.4 is 0 Å². The Labute approximate surface area is 243 Å². The molecule has 0 unspecified atom stereocenters. The van der Waals surface area contributed by atoms with Crippen LogP contribution in [0.25, 0.3) is 85.8 Å². The number of hydrogen-bond donors (Lipinski definition) is 1. The van der Waals surface area contributed by atoms with Gasteiger partial charge in [-0.1, -0.05) is 58.9 Å². The monoisotopic (exact) mass is 585 g/mol. The van der Waals surface area contributed by atoms with E-state index in [0.29, 0.717) is 11.2 Å². The SMILES string of the molecule is c1ccc2sc(-c3c(-c4nsc5ccccc45)c(-c4snc5ccccc45)c4nn[nH]c4c3-c3ccon3)nc2c1. The molecule has 0 saturated heterocycles. The molecule has 0 aliphatic heterocycles. The van der Waals surface area contributed by atoms with Crippen LogP contribution in [0.2, 0.25) is 0 Å². The molecule has 4 aromatic carbocycles. The molecule has 194 valence electrons. The Bertz CT molecular complexity index is 2370. The molecule has 9 aromatic rings. The molecule has 0 radical (unpaired) electrons. The molecule has 5 aromatic heterocycles. The fraction of sp³-hybridized carbons (Fsp3) is 0. The quantitative estimate of drug-likeness (QED) is 0.221. The first-order valence-electron chi connectivity index (χ1n) is 12.7. The Morgan fingerprint density at radius 1 is 0.683 bits per heavy atom. The molecular weight excluding hydrogens is 571 g/mol. The van der Waals surface area contributed by atoms with Gasteiger partial charge in [0, 0.05) is 39.1 Å². The maximum Gasteiger partial charge on any atom is 0.126 e. The second-order valence-electron chi connectivity index (χ2n) is 9.46. The van der Waals surface area contributed by atoms with Gasteiger partial charge in [0.05, 0.1) is 36.5 Å². The molecule has 0 fully saturated rings. The van der Waals surface area contributed by atoms with Crippen molar-refractivity contribution < 1.29 is 4.52 Å². The maximum atomic E-state index is 5.36. The van der Waals surface area contributed by atoms with Crippen molar-refractivity contribution in [2.75, 3.05) is 0 Å². The van der Waals surface area contributed by atoms with Gasteiger partial charge in [-0.15, -0.1) is 16.4 Å². The minimum Gasteiger partial charge on any atom is -0.364 e. The van der Waals surface area contributed by atoms with Crippen molar-refractivity contribution in [2.24, 2.45) is 0 Å². The third-order valence-corrected chi connectivity index (χ3v) is 9.99. The second-order valence-corrected chi connectivity index (χ2v) is 12.1. The van der Waals surface area contributed by atoms with Gasteiger partial charge in [0.25, 0.3) is 0 Å². The van der Waals surface area contributed by atoms with Crippen molar-refractivity contribution in [1.82, 2.24) is 34.3 Å². The number of para-hydroxylation sites is 1. The third-order valence-electron chi connectivity index (χ3n) is 7.21. The first-order chi connectivity index (χ1) is 20.3. The van der Waals surface area contributed by atoms with Crippen molar-refractivity contribution >= 4 is 76.6 Å². The number of thiazole rings is 1. The summed E-state index contributed by atoms with van der Waals surface area (Å²) < 4.78 is 17.4. The smallest absolute Gasteiger partial charge is 0.126 e. The van der Waals surface area contributed by atoms with Gasteiger partial charge in [-0.05, 0) is 47.3 Å². The summed E-state index contributed by atoms with van der Waals surface area (Å²) in [5, 5.41) is 19.5. The van der Waals surface area contributed by atoms with Crippen LogP contribution in [0.5, 0.6) is 0 Å². The average molecular weight is 586 g/mol. The predicted octanol–water partition coefficient (Wildman–Crippen LogP) is 8.44. The highest BCUT2D eigenvalue weighted by atomic mass is 32.1. The molecule has 0 spiro atoms. The second kappa shape index (κ2) is 8.83. The highest BCUT2D eigenvalue weighted by Gasteiger charge is 2.31. The lowest BCUT2D eigenvalue weighted by Gasteiger charge is -2.17. The normalized spacial score (nSPS) is 11.9. The number of aromatic amines is 1. The molecule has 0 atom stereocenters. The van der Waals surface area contributed by atoms with Crippen molar-refractivity contribution in [3.8, 4) is 43.5 Å². The van der Waals surface area contributed by atoms with E-state index < -0.39 is 0 Å². The molecule has 11 heteroatoms. The number of aromatic nitrogens is 7. The molecule has 0 saturated carbocycles. The number of fused-ring (bicyclic) bond motifs is 4. The van der Waals surface area contributed by atoms with E-state index in [9.17, 15) is 0 Å². The number of hydrogen-bond acceptors (Lipinski definition) is 10. The summed E-state index contributed by atoms with van der Waals surface area (Å²) in [7, 11) is 0. The van der Waals surface area contributed by atoms with Crippen LogP contribution in [0.1, 0.15) is 0 Å². The molecule has 5 heterocycles. The van der Waals surface area contributed by atoms with E-state index in [2.05, 4.69) is 44.8 Å². The molecule has 0 aliphatic carbocycles. The highest BCUT2D eigenvalue weighted by molar-refractivity contribution is 7.21. The lowest BCUT2D eigenvalue weighted by atomic mass is 9.88. The van der Waals surface area contributed by atoms with Gasteiger partial charge in [-0.25, -0.2) is 4.98 Å². The van der Waals surface area contributed by atoms with Gasteiger partial charge >= 0.3 is 0 Å². The minimum absolute atomic E-state index is 0.664. The minimum atomic E-state index is 0.664. The van der Waals surface area contributed by atoms with E-state index in [1.165, 1.54) is 23.1 Å². The van der Waals surface area contributed by atoms with E-state index in [4.69, 9.17) is 18.3 Å². The summed E-state index contributed by atoms with van der Waals surface area (Å²) in [4.78, 5) is 6.15. The number of rotatable bonds is 4. The summed E-state index contributed by atoms with van der Waals surface area (Å²) in [6, 6.07) is 26.5. The predicted molar refractivity (Wildman–Crippen MR) is 165 cm³/mol. The van der Waals surface area contributed by atoms with Crippen molar-refractivity contribution in [1.29, 1.82) is 0 Å². The molecule has 0 amide bonds. The lowest BCUT2D eigenvalue weighted by molar-refractivity contribution is 0.422. The number of nitrogens with one attached hydrogen (secondary N) is 1. The van der Waals surface area contributed by atoms with Gasteiger partial charge in [0.15, 0.2) is 0 Å². The highest BCUT2D eigenvalue weighted by Crippen LogP contribution is 2.53. The van der Waals surface area contributed by atoms with Crippen LogP contribution in [0.4, 0.5) is 0 Å². The molecule has 1 N–H and O–H groups in total. The first kappa shape index (κ1) is 22.9. The molecule has 0 aliphatic rings. The van der Waals surface area contributed by atoms with E-state index in [-0.39, 0.29) is 0 Å². The maximum absolute atomic E-state index is 5.36. The van der Waals surface area contributed by atoms with Crippen molar-refractivity contribution in [3.63, 3.8) is 0 Å². The van der Waals surface area contributed by atoms with E-state index in [1.807, 2.05) is 54.6 Å². The zero-order valence-corrected chi connectivity index (χ0v) is 23.3. The van der Waals surface area contributed by atoms with Crippen LogP contribution in [-0.2, 0) is 0 Å². The summed E-state index contributed by atoms with van der Waals surface area (Å²) in [6.45, 7) is 0. The van der Waals surface area contributed by atoms with E-state index in [0.717, 1.165) is 74.6 Å². The summed E-state index contributed by atoms with van der Waals surface area (Å²) in [6.07, 6.45) is 1.58. The Hall–Kier alpha value is -4.84. The molecule has 41 heavy (non-hydrogen) atoms. The number of nitrogens with zero attached hydrogens (tertiary/aromatic N) is 6. The Kier molecular flexibility index (Phi) is 4.94. The largest absolute Gasteiger partial charge is 0.364 e. The molecular formula is C30H15N7OS3. The molecule has 0 bridgehead atoms. The fourth-order valence-corrected chi connectivity index (χ4v) is 8.17. The van der Waals surface area contributed by atoms with Crippen LogP contribution in [-0.4, -0.2) is 34.3 Å². The zero-order valence-electron chi connectivity index (χ0n) is 20.9. The van der Waals surface area contributed by atoms with Crippen molar-refractivity contribution in [3.05, 3.63) is 85.1 Å². The topological polar surface area (TPSA) is 106 Å². The van der Waals surface area contributed by atoms with Gasteiger partial charge in [-0.3, -0.25) is 5.10 Å². The van der Waals surface area contributed by atoms with Gasteiger partial charge in [0.2, 0.25) is 0 Å². The number of benzene rings is 4. The Morgan fingerprint density at radius 2 is 1.49 bits per heavy atom. The van der Waals surface area contributed by atoms with Crippen molar-refractivity contribution in [2.45, 2.75) is 0 Å². The van der Waals surface area contributed by atoms with Crippen LogP contribution in [0, 0.1) is 0 Å². The zero-order chi connectivity index (χ0) is 26.9. The Morgan fingerprint density at radius 3 is 2.34 bits per heavy atom. The molecule has 9 rings (SSSR count). The van der Waals surface area contributed by atoms with E-state index >= 15 is 0 Å². The van der Waals surface area contributed by atoms with Crippen LogP contribution in [0.15, 0.2) is 89.6 Å². The van der Waals surface area contributed by atoms with Gasteiger partial charge in [-0.2, -0.15) is 8.75 Å². The van der Waals surface area contributed by atoms with Crippen LogP contribution >= 0.6 is 34.4 Å². The average Bonchev–Trinajstić information content (AvgIpc) is 3.85. The number of H-pyrrole nitrogens is 1. The molecule has 8 nitrogen and oxygen atoms in total. The first-order valence-corrected chi connectivity index (χ1v) is 15.1. The Balaban J connectivity index is 1.54. The van der Waals surface area contributed by atoms with Gasteiger partial charge < -0.3 is 4.52 Å². The summed E-state index contributed by atoms with van der Waals surface area (Å²) >= 11 is 4.58. The van der Waals surface area contributed by atoms with Gasteiger partial charge in [0.1, 0.15) is 22.5 Å². The van der Waals surface area contributed by atoms with E-state index in [1.54, 1.807) is 17.6 Å². The van der Waals surface area contributed by atoms with Crippen LogP contribution in [0.3, 0.4) is 0 Å². The summed E-state index contributed by atoms with van der Waals surface area (Å²) in [5.41, 5.74) is 8.43. The fourth-order valence-electron chi connectivity index (χ4n) is 5.45. The third kappa shape index (κ3) is 3.37. The standard InChI is InChI=1S/C30H15N7OS3/c1-3-9-17-15(7-1)29(41-35-17)25-23(26-16-8-2-5-11-20(16)40-36-26)24(30-31-18-10-4-6-12-21(18)39-30)22(19-13-14-38-34-19)27-28(25)33-37-32-27/h1-14H,(H,32,33,37). The lowest BCUT2D eigenvalue weighted by Crippen LogP contribution is -1.97. The summed E-state index contributed by atoms with van der Waals surface area (Å²) in [5.74, 6) is 0.